The Labute approximate surface area is 141 Å². The molecule has 0 aliphatic carbocycles. The van der Waals surface area contributed by atoms with Gasteiger partial charge in [-0.25, -0.2) is 4.79 Å². The van der Waals surface area contributed by atoms with E-state index >= 15 is 0 Å². The van der Waals surface area contributed by atoms with Crippen LogP contribution in [-0.4, -0.2) is 25.8 Å². The highest BCUT2D eigenvalue weighted by molar-refractivity contribution is 5.71. The molecular weight excluding hydrogens is 306 g/mol. The molecule has 24 heavy (non-hydrogen) atoms. The minimum absolute atomic E-state index is 0.134. The van der Waals surface area contributed by atoms with Crippen LogP contribution in [0.4, 0.5) is 0 Å². The van der Waals surface area contributed by atoms with Crippen LogP contribution in [-0.2, 0) is 9.53 Å². The number of esters is 1. The lowest BCUT2D eigenvalue weighted by molar-refractivity contribution is -0.146. The van der Waals surface area contributed by atoms with Crippen LogP contribution in [0.2, 0.25) is 0 Å². The van der Waals surface area contributed by atoms with E-state index in [4.69, 9.17) is 19.5 Å². The Balaban J connectivity index is 1.69. The van der Waals surface area contributed by atoms with Crippen LogP contribution in [0.1, 0.15) is 16.7 Å². The first-order valence-electron chi connectivity index (χ1n) is 7.58. The molecule has 0 saturated heterocycles. The summed E-state index contributed by atoms with van der Waals surface area (Å²) in [5, 5.41) is 8.71. The molecular formula is C19H19NO4. The molecule has 0 bridgehead atoms. The smallest absolute Gasteiger partial charge is 0.344 e. The highest BCUT2D eigenvalue weighted by atomic mass is 16.6. The van der Waals surface area contributed by atoms with Crippen LogP contribution in [0, 0.1) is 25.2 Å². The predicted molar refractivity (Wildman–Crippen MR) is 89.0 cm³/mol. The summed E-state index contributed by atoms with van der Waals surface area (Å²) >= 11 is 0. The Kier molecular flexibility index (Phi) is 6.21. The van der Waals surface area contributed by atoms with Crippen molar-refractivity contribution in [2.75, 3.05) is 19.8 Å². The quantitative estimate of drug-likeness (QED) is 0.578. The number of carbonyl (C=O) groups is 1. The average Bonchev–Trinajstić information content (AvgIpc) is 2.59. The number of aryl methyl sites for hydroxylation is 2. The van der Waals surface area contributed by atoms with Gasteiger partial charge < -0.3 is 14.2 Å². The van der Waals surface area contributed by atoms with Crippen molar-refractivity contribution in [2.45, 2.75) is 13.8 Å². The van der Waals surface area contributed by atoms with Gasteiger partial charge in [-0.1, -0.05) is 18.2 Å². The van der Waals surface area contributed by atoms with Crippen molar-refractivity contribution >= 4 is 5.97 Å². The molecule has 124 valence electrons. The van der Waals surface area contributed by atoms with Crippen LogP contribution in [0.15, 0.2) is 42.5 Å². The summed E-state index contributed by atoms with van der Waals surface area (Å²) in [6.45, 7) is 4.09. The van der Waals surface area contributed by atoms with E-state index in [1.165, 1.54) is 0 Å². The van der Waals surface area contributed by atoms with Crippen molar-refractivity contribution in [1.29, 1.82) is 5.26 Å². The highest BCUT2D eigenvalue weighted by Crippen LogP contribution is 2.22. The standard InChI is InChI=1S/C19H19NO4/c1-14-4-3-5-15(2)19(14)24-13-18(21)23-11-10-22-17-8-6-16(12-20)7-9-17/h3-9H,10-11,13H2,1-2H3. The van der Waals surface area contributed by atoms with Crippen LogP contribution < -0.4 is 9.47 Å². The molecule has 0 aliphatic rings. The van der Waals surface area contributed by atoms with E-state index in [0.717, 1.165) is 11.1 Å². The maximum atomic E-state index is 11.7. The Bertz CT molecular complexity index is 712. The summed E-state index contributed by atoms with van der Waals surface area (Å²) in [6, 6.07) is 14.6. The van der Waals surface area contributed by atoms with Gasteiger partial charge in [-0.05, 0) is 49.2 Å². The van der Waals surface area contributed by atoms with Crippen molar-refractivity contribution in [3.63, 3.8) is 0 Å². The minimum Gasteiger partial charge on any atom is -0.490 e. The molecule has 0 spiro atoms. The molecule has 2 aromatic carbocycles. The van der Waals surface area contributed by atoms with E-state index in [0.29, 0.717) is 17.1 Å². The van der Waals surface area contributed by atoms with Gasteiger partial charge in [-0.2, -0.15) is 5.26 Å². The molecule has 0 amide bonds. The molecule has 0 aliphatic heterocycles. The normalized spacial score (nSPS) is 9.88. The SMILES string of the molecule is Cc1cccc(C)c1OCC(=O)OCCOc1ccc(C#N)cc1. The van der Waals surface area contributed by atoms with Gasteiger partial charge in [-0.3, -0.25) is 0 Å². The fraction of sp³-hybridized carbons (Fsp3) is 0.263. The number of ether oxygens (including phenoxy) is 3. The van der Waals surface area contributed by atoms with Gasteiger partial charge in [0.1, 0.15) is 24.7 Å². The van der Waals surface area contributed by atoms with Crippen LogP contribution in [0.5, 0.6) is 11.5 Å². The first kappa shape index (κ1) is 17.4. The molecule has 0 saturated carbocycles. The van der Waals surface area contributed by atoms with E-state index in [9.17, 15) is 4.79 Å². The molecule has 0 radical (unpaired) electrons. The second-order valence-corrected chi connectivity index (χ2v) is 5.21. The Hall–Kier alpha value is -3.00. The van der Waals surface area contributed by atoms with E-state index in [2.05, 4.69) is 0 Å². The van der Waals surface area contributed by atoms with Gasteiger partial charge >= 0.3 is 5.97 Å². The second kappa shape index (κ2) is 8.59. The second-order valence-electron chi connectivity index (χ2n) is 5.21. The van der Waals surface area contributed by atoms with Crippen molar-refractivity contribution in [3.05, 3.63) is 59.2 Å². The zero-order chi connectivity index (χ0) is 17.4. The lowest BCUT2D eigenvalue weighted by atomic mass is 10.1. The molecule has 2 aromatic rings. The van der Waals surface area contributed by atoms with Crippen LogP contribution in [0.25, 0.3) is 0 Å². The summed E-state index contributed by atoms with van der Waals surface area (Å²) in [7, 11) is 0. The summed E-state index contributed by atoms with van der Waals surface area (Å²) < 4.78 is 16.0. The molecule has 0 aromatic heterocycles. The predicted octanol–water partition coefficient (Wildman–Crippen LogP) is 3.18. The summed E-state index contributed by atoms with van der Waals surface area (Å²) in [4.78, 5) is 11.7. The summed E-state index contributed by atoms with van der Waals surface area (Å²) in [5.41, 5.74) is 2.52. The number of para-hydroxylation sites is 1. The summed E-state index contributed by atoms with van der Waals surface area (Å²) in [6.07, 6.45) is 0. The molecule has 0 fully saturated rings. The van der Waals surface area contributed by atoms with Crippen molar-refractivity contribution in [1.82, 2.24) is 0 Å². The maximum absolute atomic E-state index is 11.7. The van der Waals surface area contributed by atoms with Crippen molar-refractivity contribution in [2.24, 2.45) is 0 Å². The molecule has 5 nitrogen and oxygen atoms in total. The van der Waals surface area contributed by atoms with Gasteiger partial charge in [0.2, 0.25) is 0 Å². The van der Waals surface area contributed by atoms with Gasteiger partial charge in [0.15, 0.2) is 6.61 Å². The molecule has 0 N–H and O–H groups in total. The molecule has 2 rings (SSSR count). The fourth-order valence-electron chi connectivity index (χ4n) is 2.14. The lowest BCUT2D eigenvalue weighted by Gasteiger charge is -2.12. The van der Waals surface area contributed by atoms with Gasteiger partial charge in [0.25, 0.3) is 0 Å². The molecule has 5 heteroatoms. The Morgan fingerprint density at radius 2 is 1.67 bits per heavy atom. The lowest BCUT2D eigenvalue weighted by Crippen LogP contribution is -2.18. The monoisotopic (exact) mass is 325 g/mol. The molecule has 0 atom stereocenters. The number of hydrogen-bond donors (Lipinski definition) is 0. The number of benzene rings is 2. The number of rotatable bonds is 7. The van der Waals surface area contributed by atoms with Crippen molar-refractivity contribution in [3.8, 4) is 17.6 Å². The zero-order valence-electron chi connectivity index (χ0n) is 13.7. The third-order valence-electron chi connectivity index (χ3n) is 3.34. The number of nitriles is 1. The topological polar surface area (TPSA) is 68.6 Å². The van der Waals surface area contributed by atoms with E-state index in [1.807, 2.05) is 38.1 Å². The van der Waals surface area contributed by atoms with Gasteiger partial charge in [-0.15, -0.1) is 0 Å². The average molecular weight is 325 g/mol. The maximum Gasteiger partial charge on any atom is 0.344 e. The summed E-state index contributed by atoms with van der Waals surface area (Å²) in [5.74, 6) is 0.890. The number of carbonyl (C=O) groups excluding carboxylic acids is 1. The van der Waals surface area contributed by atoms with Gasteiger partial charge in [0.05, 0.1) is 11.6 Å². The largest absolute Gasteiger partial charge is 0.490 e. The number of nitrogens with zero attached hydrogens (tertiary/aromatic N) is 1. The Morgan fingerprint density at radius 1 is 1.00 bits per heavy atom. The highest BCUT2D eigenvalue weighted by Gasteiger charge is 2.08. The molecule has 0 unspecified atom stereocenters. The van der Waals surface area contributed by atoms with Crippen molar-refractivity contribution < 1.29 is 19.0 Å². The third-order valence-corrected chi connectivity index (χ3v) is 3.34. The van der Waals surface area contributed by atoms with Gasteiger partial charge in [0, 0.05) is 0 Å². The Morgan fingerprint density at radius 3 is 2.29 bits per heavy atom. The molecule has 0 heterocycles. The fourth-order valence-corrected chi connectivity index (χ4v) is 2.14. The number of hydrogen-bond acceptors (Lipinski definition) is 5. The minimum atomic E-state index is -0.443. The van der Waals surface area contributed by atoms with Crippen LogP contribution in [0.3, 0.4) is 0 Å². The van der Waals surface area contributed by atoms with Crippen LogP contribution >= 0.6 is 0 Å². The first-order valence-corrected chi connectivity index (χ1v) is 7.58. The van der Waals surface area contributed by atoms with E-state index in [1.54, 1.807) is 24.3 Å². The van der Waals surface area contributed by atoms with E-state index < -0.39 is 5.97 Å². The zero-order valence-corrected chi connectivity index (χ0v) is 13.7. The van der Waals surface area contributed by atoms with E-state index in [-0.39, 0.29) is 19.8 Å². The third kappa shape index (κ3) is 5.03. The first-order chi connectivity index (χ1) is 11.6.